The van der Waals surface area contributed by atoms with E-state index in [1.165, 1.54) is 5.56 Å². The highest BCUT2D eigenvalue weighted by atomic mass is 32.3. The number of benzene rings is 1. The van der Waals surface area contributed by atoms with Gasteiger partial charge in [-0.25, -0.2) is 0 Å². The van der Waals surface area contributed by atoms with Gasteiger partial charge in [0.05, 0.1) is 6.61 Å². The second kappa shape index (κ2) is 3.66. The summed E-state index contributed by atoms with van der Waals surface area (Å²) in [4.78, 5) is 1.13. The minimum absolute atomic E-state index is 0.230. The molecule has 0 amide bonds. The normalized spacial score (nSPS) is 32.3. The van der Waals surface area contributed by atoms with Gasteiger partial charge in [-0.05, 0) is 37.1 Å². The Labute approximate surface area is 103 Å². The van der Waals surface area contributed by atoms with Gasteiger partial charge >= 0.3 is 0 Å². The van der Waals surface area contributed by atoms with Crippen molar-refractivity contribution in [2.45, 2.75) is 29.4 Å². The van der Waals surface area contributed by atoms with Crippen molar-refractivity contribution in [2.24, 2.45) is 0 Å². The van der Waals surface area contributed by atoms with Crippen LogP contribution in [-0.4, -0.2) is 34.7 Å². The van der Waals surface area contributed by atoms with E-state index in [-0.39, 0.29) is 5.25 Å². The van der Waals surface area contributed by atoms with Crippen molar-refractivity contribution in [1.29, 1.82) is 0 Å². The molecular formula is C14H20O2S. The molecule has 2 heterocycles. The molecule has 0 aliphatic carbocycles. The fraction of sp³-hybridized carbons (Fsp3) is 0.571. The van der Waals surface area contributed by atoms with Crippen molar-refractivity contribution in [1.82, 2.24) is 0 Å². The van der Waals surface area contributed by atoms with E-state index in [1.54, 1.807) is 0 Å². The van der Waals surface area contributed by atoms with Crippen molar-refractivity contribution in [3.63, 3.8) is 0 Å². The van der Waals surface area contributed by atoms with Crippen molar-refractivity contribution in [2.75, 3.05) is 25.2 Å². The number of hydrogen-bond donors (Lipinski definition) is 0. The summed E-state index contributed by atoms with van der Waals surface area (Å²) in [7, 11) is -2.70. The lowest BCUT2D eigenvalue weighted by Gasteiger charge is -2.47. The third-order valence-corrected chi connectivity index (χ3v) is 9.42. The average molecular weight is 252 g/mol. The highest BCUT2D eigenvalue weighted by Gasteiger charge is 2.46. The molecule has 2 nitrogen and oxygen atoms in total. The first kappa shape index (κ1) is 11.4. The fourth-order valence-corrected chi connectivity index (χ4v) is 7.58. The quantitative estimate of drug-likeness (QED) is 0.766. The Morgan fingerprint density at radius 1 is 1.35 bits per heavy atom. The van der Waals surface area contributed by atoms with Gasteiger partial charge in [-0.15, -0.1) is 0 Å². The third kappa shape index (κ3) is 1.59. The average Bonchev–Trinajstić information content (AvgIpc) is 2.84. The Morgan fingerprint density at radius 2 is 2.18 bits per heavy atom. The molecule has 1 unspecified atom stereocenters. The van der Waals surface area contributed by atoms with Crippen LogP contribution in [0.25, 0.3) is 0 Å². The molecular weight excluding hydrogens is 232 g/mol. The second-order valence-corrected chi connectivity index (χ2v) is 10.3. The van der Waals surface area contributed by atoms with Crippen LogP contribution in [-0.2, 0) is 20.2 Å². The molecule has 3 rings (SSSR count). The van der Waals surface area contributed by atoms with Gasteiger partial charge in [0, 0.05) is 22.5 Å². The van der Waals surface area contributed by atoms with E-state index in [0.717, 1.165) is 36.5 Å². The molecule has 0 saturated carbocycles. The molecule has 3 heteroatoms. The molecule has 2 aliphatic rings. The van der Waals surface area contributed by atoms with E-state index in [1.807, 2.05) is 12.3 Å². The van der Waals surface area contributed by atoms with Gasteiger partial charge in [0.2, 0.25) is 0 Å². The standard InChI is InChI=1S/C14H20O2S/c1-17(15,13-8-9-16-11-13)10-4-6-12-5-2-3-7-14(12)17/h2-3,5,7,13H,4,6,8-11H2,1H3. The fourth-order valence-electron chi connectivity index (χ4n) is 3.32. The number of fused-ring (bicyclic) bond motifs is 1. The van der Waals surface area contributed by atoms with Gasteiger partial charge in [-0.3, -0.25) is 4.21 Å². The van der Waals surface area contributed by atoms with E-state index in [9.17, 15) is 4.21 Å². The van der Waals surface area contributed by atoms with Gasteiger partial charge < -0.3 is 4.74 Å². The highest BCUT2D eigenvalue weighted by Crippen LogP contribution is 2.46. The van der Waals surface area contributed by atoms with E-state index in [4.69, 9.17) is 4.74 Å². The summed E-state index contributed by atoms with van der Waals surface area (Å²) in [6.07, 6.45) is 5.10. The minimum atomic E-state index is -2.70. The monoisotopic (exact) mass is 252 g/mol. The van der Waals surface area contributed by atoms with Crippen LogP contribution in [0.5, 0.6) is 0 Å². The summed E-state index contributed by atoms with van der Waals surface area (Å²) in [5.41, 5.74) is 1.30. The Morgan fingerprint density at radius 3 is 2.94 bits per heavy atom. The summed E-state index contributed by atoms with van der Waals surface area (Å²) in [6.45, 7) is 1.45. The molecule has 0 aromatic heterocycles. The van der Waals surface area contributed by atoms with Crippen LogP contribution in [0.4, 0.5) is 0 Å². The molecule has 0 N–H and O–H groups in total. The molecule has 0 radical (unpaired) electrons. The lowest BCUT2D eigenvalue weighted by Crippen LogP contribution is -2.49. The summed E-state index contributed by atoms with van der Waals surface area (Å²) < 4.78 is 19.2. The molecule has 2 aliphatic heterocycles. The Hall–Kier alpha value is -0.670. The molecule has 1 atom stereocenters. The molecule has 1 aromatic carbocycles. The smallest absolute Gasteiger partial charge is 0.0597 e. The maximum Gasteiger partial charge on any atom is 0.0597 e. The van der Waals surface area contributed by atoms with Crippen LogP contribution in [0.1, 0.15) is 18.4 Å². The van der Waals surface area contributed by atoms with E-state index >= 15 is 0 Å². The maximum atomic E-state index is 13.8. The molecule has 1 saturated heterocycles. The van der Waals surface area contributed by atoms with Gasteiger partial charge in [0.25, 0.3) is 0 Å². The molecule has 0 spiro atoms. The van der Waals surface area contributed by atoms with Crippen molar-refractivity contribution < 1.29 is 8.95 Å². The summed E-state index contributed by atoms with van der Waals surface area (Å²) in [5, 5.41) is 0.230. The zero-order chi connectivity index (χ0) is 12.0. The molecule has 0 bridgehead atoms. The predicted octanol–water partition coefficient (Wildman–Crippen LogP) is 2.23. The summed E-state index contributed by atoms with van der Waals surface area (Å²) >= 11 is 0. The summed E-state index contributed by atoms with van der Waals surface area (Å²) in [6, 6.07) is 8.31. The van der Waals surface area contributed by atoms with E-state index in [2.05, 4.69) is 18.2 Å². The Bertz CT molecular complexity index is 503. The van der Waals surface area contributed by atoms with Crippen LogP contribution >= 0.6 is 0 Å². The van der Waals surface area contributed by atoms with Gasteiger partial charge in [0.1, 0.15) is 0 Å². The van der Waals surface area contributed by atoms with Crippen LogP contribution in [0.2, 0.25) is 0 Å². The van der Waals surface area contributed by atoms with E-state index < -0.39 is 9.07 Å². The molecule has 1 fully saturated rings. The van der Waals surface area contributed by atoms with Gasteiger partial charge in [0.15, 0.2) is 0 Å². The van der Waals surface area contributed by atoms with Crippen molar-refractivity contribution in [3.8, 4) is 0 Å². The van der Waals surface area contributed by atoms with Crippen LogP contribution in [0, 0.1) is 0 Å². The van der Waals surface area contributed by atoms with Crippen LogP contribution < -0.4 is 0 Å². The number of rotatable bonds is 1. The highest BCUT2D eigenvalue weighted by molar-refractivity contribution is 8.20. The predicted molar refractivity (Wildman–Crippen MR) is 71.2 cm³/mol. The maximum absolute atomic E-state index is 13.8. The van der Waals surface area contributed by atoms with E-state index in [0.29, 0.717) is 6.61 Å². The Balaban J connectivity index is 2.17. The number of ether oxygens (including phenoxy) is 1. The number of hydrogen-bond acceptors (Lipinski definition) is 2. The zero-order valence-electron chi connectivity index (χ0n) is 10.4. The first-order valence-corrected chi connectivity index (χ1v) is 8.99. The molecule has 17 heavy (non-hydrogen) atoms. The lowest BCUT2D eigenvalue weighted by molar-refractivity contribution is 0.198. The largest absolute Gasteiger partial charge is 0.380 e. The molecule has 1 aromatic rings. The lowest BCUT2D eigenvalue weighted by atomic mass is 10.1. The van der Waals surface area contributed by atoms with Crippen molar-refractivity contribution >= 4 is 9.07 Å². The SMILES string of the molecule is CS1(=O)(C2CCOC2)CCCc2ccccc21. The Kier molecular flexibility index (Phi) is 2.46. The first-order chi connectivity index (χ1) is 8.10. The minimum Gasteiger partial charge on any atom is -0.380 e. The molecule has 94 valence electrons. The summed E-state index contributed by atoms with van der Waals surface area (Å²) in [5.74, 6) is 0.849. The van der Waals surface area contributed by atoms with Crippen molar-refractivity contribution in [3.05, 3.63) is 29.8 Å². The number of aryl methyl sites for hydroxylation is 1. The zero-order valence-corrected chi connectivity index (χ0v) is 11.2. The van der Waals surface area contributed by atoms with Crippen LogP contribution in [0.3, 0.4) is 0 Å². The topological polar surface area (TPSA) is 26.3 Å². The van der Waals surface area contributed by atoms with Crippen LogP contribution in [0.15, 0.2) is 29.2 Å². The van der Waals surface area contributed by atoms with Gasteiger partial charge in [-0.1, -0.05) is 27.3 Å². The van der Waals surface area contributed by atoms with Gasteiger partial charge in [-0.2, -0.15) is 0 Å². The second-order valence-electron chi connectivity index (χ2n) is 5.52. The third-order valence-electron chi connectivity index (χ3n) is 4.42. The first-order valence-electron chi connectivity index (χ1n) is 6.38.